The van der Waals surface area contributed by atoms with Gasteiger partial charge in [0.15, 0.2) is 0 Å². The molecule has 1 amide bonds. The summed E-state index contributed by atoms with van der Waals surface area (Å²) in [7, 11) is 0. The van der Waals surface area contributed by atoms with Gasteiger partial charge in [-0.05, 0) is 42.5 Å². The zero-order chi connectivity index (χ0) is 16.9. The monoisotopic (exact) mass is 407 g/mol. The summed E-state index contributed by atoms with van der Waals surface area (Å²) in [5.41, 5.74) is 7.80. The van der Waals surface area contributed by atoms with Crippen LogP contribution in [-0.2, 0) is 16.1 Å². The lowest BCUT2D eigenvalue weighted by Crippen LogP contribution is -2.37. The molecule has 1 aliphatic heterocycles. The van der Waals surface area contributed by atoms with Gasteiger partial charge in [-0.1, -0.05) is 6.42 Å². The van der Waals surface area contributed by atoms with Crippen LogP contribution in [0.25, 0.3) is 0 Å². The fourth-order valence-corrected chi connectivity index (χ4v) is 3.63. The third kappa shape index (κ3) is 5.98. The third-order valence-electron chi connectivity index (χ3n) is 5.03. The van der Waals surface area contributed by atoms with Crippen molar-refractivity contribution in [3.8, 4) is 0 Å². The topological polar surface area (TPSA) is 67.6 Å². The van der Waals surface area contributed by atoms with Crippen molar-refractivity contribution < 1.29 is 13.9 Å². The minimum Gasteiger partial charge on any atom is -0.378 e. The summed E-state index contributed by atoms with van der Waals surface area (Å²) in [6.07, 6.45) is 3.59. The van der Waals surface area contributed by atoms with E-state index in [0.717, 1.165) is 43.6 Å². The Labute approximate surface area is 166 Å². The summed E-state index contributed by atoms with van der Waals surface area (Å²) in [5, 5.41) is 2.93. The molecule has 0 aromatic heterocycles. The molecule has 0 spiro atoms. The first-order chi connectivity index (χ1) is 11.6. The molecule has 2 fully saturated rings. The van der Waals surface area contributed by atoms with Crippen LogP contribution < -0.4 is 16.0 Å². The number of hydrogen-bond donors (Lipinski definition) is 2. The van der Waals surface area contributed by atoms with Gasteiger partial charge in [-0.25, -0.2) is 4.39 Å². The standard InChI is InChI=1S/C18H26FN3O2.2ClH/c19-15-4-5-17(22-6-8-24-9-7-22)14(10-15)12-21-18(23)11-13-2-1-3-16(13)20;;/h4-5,10,13,16H,1-3,6-9,11-12,20H2,(H,21,23);2*1H/t13-,16+;;/m0../s1. The largest absolute Gasteiger partial charge is 0.378 e. The van der Waals surface area contributed by atoms with Crippen molar-refractivity contribution in [2.75, 3.05) is 31.2 Å². The van der Waals surface area contributed by atoms with E-state index in [0.29, 0.717) is 26.2 Å². The van der Waals surface area contributed by atoms with E-state index in [2.05, 4.69) is 10.2 Å². The molecule has 2 atom stereocenters. The van der Waals surface area contributed by atoms with E-state index >= 15 is 0 Å². The van der Waals surface area contributed by atoms with Crippen molar-refractivity contribution in [3.05, 3.63) is 29.6 Å². The highest BCUT2D eigenvalue weighted by Gasteiger charge is 2.26. The van der Waals surface area contributed by atoms with Crippen molar-refractivity contribution in [3.63, 3.8) is 0 Å². The number of ether oxygens (including phenoxy) is 1. The number of halogens is 3. The number of morpholine rings is 1. The zero-order valence-electron chi connectivity index (χ0n) is 14.8. The summed E-state index contributed by atoms with van der Waals surface area (Å²) in [6.45, 7) is 3.24. The first-order valence-electron chi connectivity index (χ1n) is 8.77. The number of nitrogens with two attached hydrogens (primary N) is 1. The number of carbonyl (C=O) groups is 1. The quantitative estimate of drug-likeness (QED) is 0.786. The predicted octanol–water partition coefficient (Wildman–Crippen LogP) is 2.64. The number of amides is 1. The maximum Gasteiger partial charge on any atom is 0.220 e. The van der Waals surface area contributed by atoms with Gasteiger partial charge >= 0.3 is 0 Å². The summed E-state index contributed by atoms with van der Waals surface area (Å²) in [5.74, 6) is -0.0140. The van der Waals surface area contributed by atoms with Gasteiger partial charge in [-0.15, -0.1) is 24.8 Å². The fourth-order valence-electron chi connectivity index (χ4n) is 3.63. The fraction of sp³-hybridized carbons (Fsp3) is 0.611. The van der Waals surface area contributed by atoms with Gasteiger partial charge in [0, 0.05) is 37.8 Å². The van der Waals surface area contributed by atoms with Gasteiger partial charge in [0.1, 0.15) is 5.82 Å². The lowest BCUT2D eigenvalue weighted by molar-refractivity contribution is -0.122. The average molecular weight is 408 g/mol. The lowest BCUT2D eigenvalue weighted by Gasteiger charge is -2.30. The number of nitrogens with zero attached hydrogens (tertiary/aromatic N) is 1. The highest BCUT2D eigenvalue weighted by atomic mass is 35.5. The van der Waals surface area contributed by atoms with Crippen LogP contribution in [-0.4, -0.2) is 38.3 Å². The Kier molecular flexibility index (Phi) is 9.64. The molecular weight excluding hydrogens is 380 g/mol. The lowest BCUT2D eigenvalue weighted by atomic mass is 10.00. The van der Waals surface area contributed by atoms with Gasteiger partial charge in [-0.3, -0.25) is 4.79 Å². The molecule has 26 heavy (non-hydrogen) atoms. The highest BCUT2D eigenvalue weighted by Crippen LogP contribution is 2.27. The van der Waals surface area contributed by atoms with Crippen LogP contribution in [0.15, 0.2) is 18.2 Å². The minimum atomic E-state index is -0.283. The minimum absolute atomic E-state index is 0. The second-order valence-corrected chi connectivity index (χ2v) is 6.71. The van der Waals surface area contributed by atoms with E-state index < -0.39 is 0 Å². The van der Waals surface area contributed by atoms with Crippen LogP contribution in [0.4, 0.5) is 10.1 Å². The first kappa shape index (κ1) is 23.0. The molecule has 0 unspecified atom stereocenters. The van der Waals surface area contributed by atoms with Crippen LogP contribution in [0.5, 0.6) is 0 Å². The van der Waals surface area contributed by atoms with E-state index in [1.165, 1.54) is 12.1 Å². The summed E-state index contributed by atoms with van der Waals surface area (Å²) < 4.78 is 19.0. The van der Waals surface area contributed by atoms with Crippen molar-refractivity contribution in [1.82, 2.24) is 5.32 Å². The van der Waals surface area contributed by atoms with Crippen LogP contribution in [0.2, 0.25) is 0 Å². The van der Waals surface area contributed by atoms with Gasteiger partial charge in [0.2, 0.25) is 5.91 Å². The molecular formula is C18H28Cl2FN3O2. The first-order valence-corrected chi connectivity index (χ1v) is 8.77. The molecule has 5 nitrogen and oxygen atoms in total. The van der Waals surface area contributed by atoms with Crippen molar-refractivity contribution in [1.29, 1.82) is 0 Å². The van der Waals surface area contributed by atoms with Crippen LogP contribution in [0.3, 0.4) is 0 Å². The maximum atomic E-state index is 13.6. The Bertz CT molecular complexity index is 586. The summed E-state index contributed by atoms with van der Waals surface area (Å²) >= 11 is 0. The number of hydrogen-bond acceptors (Lipinski definition) is 4. The summed E-state index contributed by atoms with van der Waals surface area (Å²) in [4.78, 5) is 14.4. The number of rotatable bonds is 5. The number of nitrogens with one attached hydrogen (secondary N) is 1. The molecule has 1 heterocycles. The van der Waals surface area contributed by atoms with Crippen molar-refractivity contribution in [2.24, 2.45) is 11.7 Å². The molecule has 2 aliphatic rings. The van der Waals surface area contributed by atoms with E-state index in [1.54, 1.807) is 6.07 Å². The van der Waals surface area contributed by atoms with E-state index in [4.69, 9.17) is 10.5 Å². The molecule has 0 bridgehead atoms. The van der Waals surface area contributed by atoms with Crippen LogP contribution >= 0.6 is 24.8 Å². The second kappa shape index (κ2) is 10.9. The van der Waals surface area contributed by atoms with E-state index in [9.17, 15) is 9.18 Å². The Morgan fingerprint density at radius 3 is 2.65 bits per heavy atom. The van der Waals surface area contributed by atoms with Crippen molar-refractivity contribution >= 4 is 36.4 Å². The number of anilines is 1. The normalized spacial score (nSPS) is 22.3. The molecule has 148 valence electrons. The molecule has 3 N–H and O–H groups in total. The molecule has 1 aromatic rings. The molecule has 1 saturated carbocycles. The highest BCUT2D eigenvalue weighted by molar-refractivity contribution is 5.85. The Balaban J connectivity index is 0.00000169. The predicted molar refractivity (Wildman–Crippen MR) is 106 cm³/mol. The maximum absolute atomic E-state index is 13.6. The van der Waals surface area contributed by atoms with E-state index in [-0.39, 0.29) is 48.5 Å². The molecule has 3 rings (SSSR count). The molecule has 1 aliphatic carbocycles. The van der Waals surface area contributed by atoms with Crippen LogP contribution in [0.1, 0.15) is 31.2 Å². The number of benzene rings is 1. The zero-order valence-corrected chi connectivity index (χ0v) is 16.4. The second-order valence-electron chi connectivity index (χ2n) is 6.71. The smallest absolute Gasteiger partial charge is 0.220 e. The van der Waals surface area contributed by atoms with Crippen LogP contribution in [0, 0.1) is 11.7 Å². The SMILES string of the molecule is Cl.Cl.N[C@@H]1CCC[C@H]1CC(=O)NCc1cc(F)ccc1N1CCOCC1. The Morgan fingerprint density at radius 2 is 2.00 bits per heavy atom. The van der Waals surface area contributed by atoms with E-state index in [1.807, 2.05) is 0 Å². The molecule has 8 heteroatoms. The summed E-state index contributed by atoms with van der Waals surface area (Å²) in [6, 6.07) is 4.89. The average Bonchev–Trinajstić information content (AvgIpc) is 2.99. The number of carbonyl (C=O) groups excluding carboxylic acids is 1. The van der Waals surface area contributed by atoms with Gasteiger partial charge < -0.3 is 20.7 Å². The molecule has 0 radical (unpaired) electrons. The van der Waals surface area contributed by atoms with Gasteiger partial charge in [-0.2, -0.15) is 0 Å². The third-order valence-corrected chi connectivity index (χ3v) is 5.03. The Hall–Kier alpha value is -1.08. The van der Waals surface area contributed by atoms with Crippen molar-refractivity contribution in [2.45, 2.75) is 38.3 Å². The van der Waals surface area contributed by atoms with Gasteiger partial charge in [0.25, 0.3) is 0 Å². The Morgan fingerprint density at radius 1 is 1.27 bits per heavy atom. The molecule has 1 aromatic carbocycles. The molecule has 1 saturated heterocycles. The van der Waals surface area contributed by atoms with Gasteiger partial charge in [0.05, 0.1) is 13.2 Å².